The Kier molecular flexibility index (Phi) is 7.09. The fourth-order valence-electron chi connectivity index (χ4n) is 4.52. The first-order chi connectivity index (χ1) is 15.5. The molecule has 3 heterocycles. The van der Waals surface area contributed by atoms with Gasteiger partial charge in [-0.2, -0.15) is 5.10 Å². The number of hydrogen-bond donors (Lipinski definition) is 1. The van der Waals surface area contributed by atoms with Crippen molar-refractivity contribution in [2.45, 2.75) is 51.7 Å². The van der Waals surface area contributed by atoms with E-state index < -0.39 is 0 Å². The average Bonchev–Trinajstić information content (AvgIpc) is 3.25. The number of nitrogens with zero attached hydrogens (tertiary/aromatic N) is 4. The number of nitrogens with one attached hydrogen (secondary N) is 1. The molecule has 0 radical (unpaired) electrons. The molecule has 2 aromatic rings. The Morgan fingerprint density at radius 3 is 2.75 bits per heavy atom. The first-order valence-electron chi connectivity index (χ1n) is 11.6. The molecule has 8 nitrogen and oxygen atoms in total. The van der Waals surface area contributed by atoms with Gasteiger partial charge in [0.05, 0.1) is 13.7 Å². The Morgan fingerprint density at radius 1 is 1.19 bits per heavy atom. The van der Waals surface area contributed by atoms with E-state index >= 15 is 0 Å². The highest BCUT2D eigenvalue weighted by molar-refractivity contribution is 5.98. The van der Waals surface area contributed by atoms with Crippen molar-refractivity contribution in [3.05, 3.63) is 47.3 Å². The SMILES string of the molecule is COc1ccc(CN2CCn3nc(C(=O)NCCCN4CCCC[C@@H]4C)cc3C2=O)cc1. The van der Waals surface area contributed by atoms with E-state index in [1.54, 1.807) is 22.8 Å². The normalized spacial score (nSPS) is 19.0. The summed E-state index contributed by atoms with van der Waals surface area (Å²) in [6, 6.07) is 9.95. The Balaban J connectivity index is 1.29. The van der Waals surface area contributed by atoms with Crippen LogP contribution in [0.4, 0.5) is 0 Å². The van der Waals surface area contributed by atoms with Gasteiger partial charge in [-0.15, -0.1) is 0 Å². The van der Waals surface area contributed by atoms with Crippen molar-refractivity contribution in [3.63, 3.8) is 0 Å². The lowest BCUT2D eigenvalue weighted by Gasteiger charge is -2.33. The largest absolute Gasteiger partial charge is 0.497 e. The van der Waals surface area contributed by atoms with E-state index in [1.807, 2.05) is 24.3 Å². The van der Waals surface area contributed by atoms with Gasteiger partial charge in [-0.3, -0.25) is 14.3 Å². The van der Waals surface area contributed by atoms with E-state index in [0.29, 0.717) is 43.6 Å². The number of methoxy groups -OCH3 is 1. The minimum absolute atomic E-state index is 0.0993. The monoisotopic (exact) mass is 439 g/mol. The molecular formula is C24H33N5O3. The Bertz CT molecular complexity index is 940. The van der Waals surface area contributed by atoms with Crippen molar-refractivity contribution in [2.75, 3.05) is 33.3 Å². The molecule has 0 aliphatic carbocycles. The van der Waals surface area contributed by atoms with Crippen LogP contribution in [-0.4, -0.2) is 70.7 Å². The number of carbonyl (C=O) groups excluding carboxylic acids is 2. The van der Waals surface area contributed by atoms with Crippen LogP contribution in [0.1, 0.15) is 59.1 Å². The number of ether oxygens (including phenoxy) is 1. The summed E-state index contributed by atoms with van der Waals surface area (Å²) in [7, 11) is 1.63. The topological polar surface area (TPSA) is 79.7 Å². The number of hydrogen-bond acceptors (Lipinski definition) is 5. The van der Waals surface area contributed by atoms with E-state index in [1.165, 1.54) is 19.3 Å². The molecule has 4 rings (SSSR count). The maximum Gasteiger partial charge on any atom is 0.272 e. The molecule has 2 amide bonds. The lowest BCUT2D eigenvalue weighted by atomic mass is 10.0. The van der Waals surface area contributed by atoms with Gasteiger partial charge in [0, 0.05) is 38.3 Å². The van der Waals surface area contributed by atoms with Gasteiger partial charge in [0.25, 0.3) is 11.8 Å². The zero-order chi connectivity index (χ0) is 22.5. The molecule has 1 atom stereocenters. The molecule has 32 heavy (non-hydrogen) atoms. The number of piperidine rings is 1. The van der Waals surface area contributed by atoms with Crippen LogP contribution in [0.5, 0.6) is 5.75 Å². The second-order valence-electron chi connectivity index (χ2n) is 8.70. The summed E-state index contributed by atoms with van der Waals surface area (Å²) in [6.07, 6.45) is 4.75. The summed E-state index contributed by atoms with van der Waals surface area (Å²) in [6.45, 7) is 6.71. The van der Waals surface area contributed by atoms with Crippen molar-refractivity contribution in [1.82, 2.24) is 24.9 Å². The van der Waals surface area contributed by atoms with E-state index in [-0.39, 0.29) is 11.8 Å². The van der Waals surface area contributed by atoms with Crippen LogP contribution >= 0.6 is 0 Å². The van der Waals surface area contributed by atoms with Gasteiger partial charge < -0.3 is 19.9 Å². The highest BCUT2D eigenvalue weighted by Crippen LogP contribution is 2.19. The zero-order valence-electron chi connectivity index (χ0n) is 19.0. The summed E-state index contributed by atoms with van der Waals surface area (Å²) >= 11 is 0. The number of carbonyl (C=O) groups is 2. The van der Waals surface area contributed by atoms with Crippen molar-refractivity contribution in [3.8, 4) is 5.75 Å². The number of amides is 2. The average molecular weight is 440 g/mol. The lowest BCUT2D eigenvalue weighted by molar-refractivity contribution is 0.0683. The summed E-state index contributed by atoms with van der Waals surface area (Å²) in [5.41, 5.74) is 1.82. The minimum atomic E-state index is -0.215. The predicted octanol–water partition coefficient (Wildman–Crippen LogP) is 2.54. The molecule has 2 aliphatic heterocycles. The first kappa shape index (κ1) is 22.3. The van der Waals surface area contributed by atoms with Gasteiger partial charge in [-0.1, -0.05) is 18.6 Å². The van der Waals surface area contributed by atoms with Gasteiger partial charge in [-0.05, 0) is 50.4 Å². The molecule has 1 aromatic carbocycles. The second kappa shape index (κ2) is 10.2. The predicted molar refractivity (Wildman–Crippen MR) is 122 cm³/mol. The van der Waals surface area contributed by atoms with Crippen molar-refractivity contribution in [2.24, 2.45) is 0 Å². The molecule has 0 spiro atoms. The van der Waals surface area contributed by atoms with E-state index in [2.05, 4.69) is 22.2 Å². The molecule has 1 aromatic heterocycles. The summed E-state index contributed by atoms with van der Waals surface area (Å²) in [5.74, 6) is 0.476. The maximum atomic E-state index is 12.9. The quantitative estimate of drug-likeness (QED) is 0.640. The fourth-order valence-corrected chi connectivity index (χ4v) is 4.52. The number of aromatic nitrogens is 2. The van der Waals surface area contributed by atoms with E-state index in [0.717, 1.165) is 30.8 Å². The number of benzene rings is 1. The van der Waals surface area contributed by atoms with Crippen LogP contribution in [0.25, 0.3) is 0 Å². The van der Waals surface area contributed by atoms with Crippen LogP contribution in [0.2, 0.25) is 0 Å². The molecule has 8 heteroatoms. The smallest absolute Gasteiger partial charge is 0.272 e. The van der Waals surface area contributed by atoms with Crippen molar-refractivity contribution < 1.29 is 14.3 Å². The molecular weight excluding hydrogens is 406 g/mol. The van der Waals surface area contributed by atoms with E-state index in [9.17, 15) is 9.59 Å². The molecule has 0 saturated carbocycles. The third kappa shape index (κ3) is 5.12. The Hall–Kier alpha value is -2.87. The molecule has 1 fully saturated rings. The minimum Gasteiger partial charge on any atom is -0.497 e. The second-order valence-corrected chi connectivity index (χ2v) is 8.70. The summed E-state index contributed by atoms with van der Waals surface area (Å²) < 4.78 is 6.84. The standard InChI is InChI=1S/C24H33N5O3/c1-18-6-3-4-12-27(18)13-5-11-25-23(30)21-16-22-24(31)28(14-15-29(22)26-21)17-19-7-9-20(32-2)10-8-19/h7-10,16,18H,3-6,11-15,17H2,1-2H3,(H,25,30)/t18-/m0/s1. The van der Waals surface area contributed by atoms with Gasteiger partial charge in [0.1, 0.15) is 11.4 Å². The molecule has 2 aliphatic rings. The summed E-state index contributed by atoms with van der Waals surface area (Å²) in [5, 5.41) is 7.34. The summed E-state index contributed by atoms with van der Waals surface area (Å²) in [4.78, 5) is 29.8. The van der Waals surface area contributed by atoms with Gasteiger partial charge in [-0.25, -0.2) is 0 Å². The number of fused-ring (bicyclic) bond motifs is 1. The molecule has 172 valence electrons. The first-order valence-corrected chi connectivity index (χ1v) is 11.6. The molecule has 0 unspecified atom stereocenters. The van der Waals surface area contributed by atoms with Crippen molar-refractivity contribution in [1.29, 1.82) is 0 Å². The highest BCUT2D eigenvalue weighted by atomic mass is 16.5. The third-order valence-corrected chi connectivity index (χ3v) is 6.48. The van der Waals surface area contributed by atoms with Crippen LogP contribution in [0.3, 0.4) is 0 Å². The van der Waals surface area contributed by atoms with Crippen LogP contribution in [0.15, 0.2) is 30.3 Å². The van der Waals surface area contributed by atoms with Crippen LogP contribution in [0, 0.1) is 0 Å². The third-order valence-electron chi connectivity index (χ3n) is 6.48. The van der Waals surface area contributed by atoms with Gasteiger partial charge in [0.15, 0.2) is 5.69 Å². The maximum absolute atomic E-state index is 12.9. The number of rotatable bonds is 8. The lowest BCUT2D eigenvalue weighted by Crippen LogP contribution is -2.39. The molecule has 1 N–H and O–H groups in total. The Labute approximate surface area is 189 Å². The fraction of sp³-hybridized carbons (Fsp3) is 0.542. The molecule has 1 saturated heterocycles. The number of likely N-dealkylation sites (tertiary alicyclic amines) is 1. The van der Waals surface area contributed by atoms with Crippen LogP contribution < -0.4 is 10.1 Å². The zero-order valence-corrected chi connectivity index (χ0v) is 19.0. The van der Waals surface area contributed by atoms with Gasteiger partial charge >= 0.3 is 0 Å². The van der Waals surface area contributed by atoms with Gasteiger partial charge in [0.2, 0.25) is 0 Å². The van der Waals surface area contributed by atoms with E-state index in [4.69, 9.17) is 4.74 Å². The Morgan fingerprint density at radius 2 is 2.00 bits per heavy atom. The van der Waals surface area contributed by atoms with Crippen LogP contribution in [-0.2, 0) is 13.1 Å². The molecule has 0 bridgehead atoms. The highest BCUT2D eigenvalue weighted by Gasteiger charge is 2.28. The van der Waals surface area contributed by atoms with Crippen molar-refractivity contribution >= 4 is 11.8 Å².